The van der Waals surface area contributed by atoms with Crippen molar-refractivity contribution in [3.05, 3.63) is 35.9 Å². The lowest BCUT2D eigenvalue weighted by Gasteiger charge is -2.27. The highest BCUT2D eigenvalue weighted by atomic mass is 15.1. The normalized spacial score (nSPS) is 26.6. The van der Waals surface area contributed by atoms with Gasteiger partial charge in [-0.15, -0.1) is 0 Å². The first kappa shape index (κ1) is 12.2. The number of rotatable bonds is 3. The third-order valence-electron chi connectivity index (χ3n) is 4.52. The maximum absolute atomic E-state index is 3.46. The molecule has 2 heteroatoms. The van der Waals surface area contributed by atoms with Gasteiger partial charge in [0.25, 0.3) is 0 Å². The van der Waals surface area contributed by atoms with Gasteiger partial charge in [-0.2, -0.15) is 0 Å². The quantitative estimate of drug-likeness (QED) is 0.879. The molecule has 1 N–H and O–H groups in total. The molecule has 1 aromatic carbocycles. The summed E-state index contributed by atoms with van der Waals surface area (Å²) in [5.74, 6) is 1.70. The number of likely N-dealkylation sites (tertiary alicyclic amines) is 1. The monoisotopic (exact) mass is 244 g/mol. The molecule has 98 valence electrons. The molecule has 0 spiro atoms. The van der Waals surface area contributed by atoms with E-state index >= 15 is 0 Å². The van der Waals surface area contributed by atoms with Crippen molar-refractivity contribution in [3.8, 4) is 0 Å². The summed E-state index contributed by atoms with van der Waals surface area (Å²) in [6, 6.07) is 11.0. The lowest BCUT2D eigenvalue weighted by molar-refractivity contribution is 0.239. The summed E-state index contributed by atoms with van der Waals surface area (Å²) in [4.78, 5) is 2.69. The predicted molar refractivity (Wildman–Crippen MR) is 75.8 cm³/mol. The Morgan fingerprint density at radius 2 is 1.83 bits per heavy atom. The molecule has 2 aliphatic heterocycles. The van der Waals surface area contributed by atoms with Crippen molar-refractivity contribution in [3.63, 3.8) is 0 Å². The fourth-order valence-electron chi connectivity index (χ4n) is 3.43. The molecule has 2 fully saturated rings. The van der Waals surface area contributed by atoms with Gasteiger partial charge < -0.3 is 10.2 Å². The first-order chi connectivity index (χ1) is 8.92. The summed E-state index contributed by atoms with van der Waals surface area (Å²) >= 11 is 0. The summed E-state index contributed by atoms with van der Waals surface area (Å²) < 4.78 is 0. The average molecular weight is 244 g/mol. The first-order valence-electron chi connectivity index (χ1n) is 7.40. The molecule has 0 bridgehead atoms. The minimum Gasteiger partial charge on any atom is -0.317 e. The van der Waals surface area contributed by atoms with Crippen molar-refractivity contribution < 1.29 is 0 Å². The Bertz CT molecular complexity index is 357. The molecule has 1 aromatic rings. The van der Waals surface area contributed by atoms with Crippen LogP contribution in [-0.2, 0) is 0 Å². The zero-order valence-electron chi connectivity index (χ0n) is 11.1. The zero-order valence-corrected chi connectivity index (χ0v) is 11.1. The van der Waals surface area contributed by atoms with E-state index in [4.69, 9.17) is 0 Å². The number of hydrogen-bond donors (Lipinski definition) is 1. The molecule has 0 aromatic heterocycles. The standard InChI is InChI=1S/C16H24N2/c1-2-4-15(5-3-1)16-8-11-18(13-16)12-14-6-9-17-10-7-14/h1-5,14,16-17H,6-13H2. The van der Waals surface area contributed by atoms with E-state index in [-0.39, 0.29) is 0 Å². The van der Waals surface area contributed by atoms with Gasteiger partial charge in [0.2, 0.25) is 0 Å². The Morgan fingerprint density at radius 3 is 2.61 bits per heavy atom. The molecule has 18 heavy (non-hydrogen) atoms. The molecule has 0 radical (unpaired) electrons. The Kier molecular flexibility index (Phi) is 3.96. The van der Waals surface area contributed by atoms with Crippen LogP contribution in [0.15, 0.2) is 30.3 Å². The average Bonchev–Trinajstić information content (AvgIpc) is 2.89. The lowest BCUT2D eigenvalue weighted by atomic mass is 9.97. The Balaban J connectivity index is 1.52. The van der Waals surface area contributed by atoms with E-state index in [1.54, 1.807) is 0 Å². The number of hydrogen-bond acceptors (Lipinski definition) is 2. The molecule has 0 amide bonds. The van der Waals surface area contributed by atoms with Crippen LogP contribution < -0.4 is 5.32 Å². The van der Waals surface area contributed by atoms with Crippen LogP contribution in [0, 0.1) is 5.92 Å². The van der Waals surface area contributed by atoms with Crippen molar-refractivity contribution >= 4 is 0 Å². The van der Waals surface area contributed by atoms with Gasteiger partial charge in [0, 0.05) is 13.1 Å². The highest BCUT2D eigenvalue weighted by molar-refractivity contribution is 5.20. The van der Waals surface area contributed by atoms with Gasteiger partial charge in [-0.1, -0.05) is 30.3 Å². The smallest absolute Gasteiger partial charge is 0.00509 e. The largest absolute Gasteiger partial charge is 0.317 e. The topological polar surface area (TPSA) is 15.3 Å². The molecule has 0 aliphatic carbocycles. The highest BCUT2D eigenvalue weighted by Gasteiger charge is 2.26. The Hall–Kier alpha value is -0.860. The molecule has 0 saturated carbocycles. The van der Waals surface area contributed by atoms with Crippen molar-refractivity contribution in [2.24, 2.45) is 5.92 Å². The molecule has 2 nitrogen and oxygen atoms in total. The second-order valence-electron chi connectivity index (χ2n) is 5.85. The molecule has 1 atom stereocenters. The zero-order chi connectivity index (χ0) is 12.2. The predicted octanol–water partition coefficient (Wildman–Crippen LogP) is 2.48. The summed E-state index contributed by atoms with van der Waals surface area (Å²) in [5, 5.41) is 3.46. The molecule has 3 rings (SSSR count). The van der Waals surface area contributed by atoms with Crippen molar-refractivity contribution in [1.29, 1.82) is 0 Å². The lowest BCUT2D eigenvalue weighted by Crippen LogP contribution is -2.35. The molecule has 1 unspecified atom stereocenters. The van der Waals surface area contributed by atoms with Crippen LogP contribution in [0.4, 0.5) is 0 Å². The van der Waals surface area contributed by atoms with Crippen LogP contribution in [0.5, 0.6) is 0 Å². The first-order valence-corrected chi connectivity index (χ1v) is 7.40. The van der Waals surface area contributed by atoms with Gasteiger partial charge in [0.05, 0.1) is 0 Å². The molecular formula is C16H24N2. The third-order valence-corrected chi connectivity index (χ3v) is 4.52. The van der Waals surface area contributed by atoms with E-state index in [2.05, 4.69) is 40.5 Å². The third kappa shape index (κ3) is 2.93. The van der Waals surface area contributed by atoms with Crippen LogP contribution in [0.1, 0.15) is 30.7 Å². The number of nitrogens with one attached hydrogen (secondary N) is 1. The van der Waals surface area contributed by atoms with Crippen LogP contribution in [0.25, 0.3) is 0 Å². The van der Waals surface area contributed by atoms with Crippen molar-refractivity contribution in [1.82, 2.24) is 10.2 Å². The van der Waals surface area contributed by atoms with Gasteiger partial charge >= 0.3 is 0 Å². The van der Waals surface area contributed by atoms with E-state index < -0.39 is 0 Å². The number of benzene rings is 1. The fraction of sp³-hybridized carbons (Fsp3) is 0.625. The van der Waals surface area contributed by atoms with E-state index in [9.17, 15) is 0 Å². The van der Waals surface area contributed by atoms with Crippen LogP contribution in [-0.4, -0.2) is 37.6 Å². The van der Waals surface area contributed by atoms with E-state index in [0.717, 1.165) is 11.8 Å². The summed E-state index contributed by atoms with van der Waals surface area (Å²) in [5.41, 5.74) is 1.53. The van der Waals surface area contributed by atoms with Crippen LogP contribution >= 0.6 is 0 Å². The Labute approximate surface area is 110 Å². The summed E-state index contributed by atoms with van der Waals surface area (Å²) in [6.07, 6.45) is 4.08. The van der Waals surface area contributed by atoms with Gasteiger partial charge in [-0.25, -0.2) is 0 Å². The van der Waals surface area contributed by atoms with E-state index in [0.29, 0.717) is 0 Å². The molecular weight excluding hydrogens is 220 g/mol. The van der Waals surface area contributed by atoms with Gasteiger partial charge in [0.15, 0.2) is 0 Å². The van der Waals surface area contributed by atoms with Crippen LogP contribution in [0.2, 0.25) is 0 Å². The highest BCUT2D eigenvalue weighted by Crippen LogP contribution is 2.28. The minimum atomic E-state index is 0.771. The van der Waals surface area contributed by atoms with E-state index in [1.807, 2.05) is 0 Å². The SMILES string of the molecule is c1ccc(C2CCN(CC3CCNCC3)C2)cc1. The Morgan fingerprint density at radius 1 is 1.06 bits per heavy atom. The second kappa shape index (κ2) is 5.85. The van der Waals surface area contributed by atoms with Gasteiger partial charge in [-0.3, -0.25) is 0 Å². The van der Waals surface area contributed by atoms with Gasteiger partial charge in [0.1, 0.15) is 0 Å². The summed E-state index contributed by atoms with van der Waals surface area (Å²) in [6.45, 7) is 6.34. The van der Waals surface area contributed by atoms with E-state index in [1.165, 1.54) is 57.5 Å². The summed E-state index contributed by atoms with van der Waals surface area (Å²) in [7, 11) is 0. The molecule has 2 saturated heterocycles. The molecule has 2 aliphatic rings. The van der Waals surface area contributed by atoms with Crippen molar-refractivity contribution in [2.75, 3.05) is 32.7 Å². The van der Waals surface area contributed by atoms with Crippen LogP contribution in [0.3, 0.4) is 0 Å². The maximum atomic E-state index is 3.46. The minimum absolute atomic E-state index is 0.771. The number of piperidine rings is 1. The van der Waals surface area contributed by atoms with Gasteiger partial charge in [-0.05, 0) is 56.3 Å². The number of nitrogens with zero attached hydrogens (tertiary/aromatic N) is 1. The van der Waals surface area contributed by atoms with Crippen molar-refractivity contribution in [2.45, 2.75) is 25.2 Å². The second-order valence-corrected chi connectivity index (χ2v) is 5.85. The molecule has 2 heterocycles. The fourth-order valence-corrected chi connectivity index (χ4v) is 3.43. The maximum Gasteiger partial charge on any atom is 0.00509 e.